The van der Waals surface area contributed by atoms with Crippen LogP contribution < -0.4 is 26.4 Å². The zero-order valence-electron chi connectivity index (χ0n) is 11.8. The number of ether oxygens (including phenoxy) is 1. The van der Waals surface area contributed by atoms with Crippen LogP contribution in [-0.2, 0) is 3.07 Å². The first-order valence-electron chi connectivity index (χ1n) is 6.75. The Bertz CT molecular complexity index is 375. The molecule has 0 bridgehead atoms. The summed E-state index contributed by atoms with van der Waals surface area (Å²) in [6.45, 7) is 6.47. The van der Waals surface area contributed by atoms with Gasteiger partial charge in [-0.3, -0.25) is 0 Å². The number of unbranched alkanes of at least 4 members (excludes halogenated alkanes) is 1. The maximum atomic E-state index is 11.4. The number of rotatable bonds is 7. The van der Waals surface area contributed by atoms with E-state index in [9.17, 15) is 4.79 Å². The van der Waals surface area contributed by atoms with Crippen LogP contribution >= 0.6 is 0 Å². The van der Waals surface area contributed by atoms with Crippen LogP contribution in [0.2, 0.25) is 0 Å². The fraction of sp³-hybridized carbons (Fsp3) is 0.533. The van der Waals surface area contributed by atoms with Crippen LogP contribution in [0.3, 0.4) is 0 Å². The van der Waals surface area contributed by atoms with E-state index in [4.69, 9.17) is 7.80 Å². The van der Waals surface area contributed by atoms with E-state index in [1.165, 1.54) is 5.56 Å². The monoisotopic (exact) mass is 377 g/mol. The molecular formula is C15H22IO3-. The molecule has 1 rings (SSSR count). The predicted octanol–water partition coefficient (Wildman–Crippen LogP) is 1.52. The third-order valence-electron chi connectivity index (χ3n) is 2.94. The molecule has 0 aliphatic carbocycles. The second-order valence-corrected chi connectivity index (χ2v) is 6.60. The fourth-order valence-corrected chi connectivity index (χ4v) is 3.12. The van der Waals surface area contributed by atoms with Gasteiger partial charge in [0.1, 0.15) is 0 Å². The number of halogens is 1. The van der Waals surface area contributed by atoms with Crippen LogP contribution in [-0.4, -0.2) is 10.6 Å². The van der Waals surface area contributed by atoms with Crippen molar-refractivity contribution < 1.29 is 34.2 Å². The Labute approximate surface area is 126 Å². The van der Waals surface area contributed by atoms with Gasteiger partial charge in [-0.2, -0.15) is 0 Å². The van der Waals surface area contributed by atoms with Crippen LogP contribution in [0.15, 0.2) is 24.3 Å². The SMILES string of the molecule is CCCC[I-]OC(=O)Oc1ccc(C(C)CC)cc1. The van der Waals surface area contributed by atoms with Crippen molar-refractivity contribution in [2.75, 3.05) is 4.43 Å². The van der Waals surface area contributed by atoms with Crippen molar-refractivity contribution in [1.82, 2.24) is 0 Å². The van der Waals surface area contributed by atoms with Gasteiger partial charge < -0.3 is 0 Å². The second-order valence-electron chi connectivity index (χ2n) is 4.46. The Morgan fingerprint density at radius 2 is 1.95 bits per heavy atom. The summed E-state index contributed by atoms with van der Waals surface area (Å²) in [4.78, 5) is 11.4. The van der Waals surface area contributed by atoms with Crippen molar-refractivity contribution in [1.29, 1.82) is 0 Å². The molecule has 0 aliphatic rings. The van der Waals surface area contributed by atoms with Crippen LogP contribution in [0.5, 0.6) is 5.75 Å². The maximum absolute atomic E-state index is 11.4. The molecule has 108 valence electrons. The van der Waals surface area contributed by atoms with Gasteiger partial charge in [0.25, 0.3) is 0 Å². The van der Waals surface area contributed by atoms with Crippen LogP contribution in [0.4, 0.5) is 4.79 Å². The molecule has 0 amide bonds. The molecule has 1 atom stereocenters. The number of carbonyl (C=O) groups excluding carboxylic acids is 1. The third-order valence-corrected chi connectivity index (χ3v) is 4.82. The van der Waals surface area contributed by atoms with Gasteiger partial charge in [-0.25, -0.2) is 0 Å². The molecule has 1 aromatic rings. The summed E-state index contributed by atoms with van der Waals surface area (Å²) in [5.41, 5.74) is 1.26. The van der Waals surface area contributed by atoms with E-state index in [-0.39, 0.29) is 0 Å². The van der Waals surface area contributed by atoms with Gasteiger partial charge in [-0.1, -0.05) is 0 Å². The van der Waals surface area contributed by atoms with Gasteiger partial charge in [0.05, 0.1) is 0 Å². The molecule has 1 unspecified atom stereocenters. The molecular weight excluding hydrogens is 355 g/mol. The van der Waals surface area contributed by atoms with Crippen LogP contribution in [0.1, 0.15) is 51.5 Å². The molecule has 1 aromatic carbocycles. The molecule has 0 aromatic heterocycles. The van der Waals surface area contributed by atoms with Gasteiger partial charge in [0, 0.05) is 0 Å². The summed E-state index contributed by atoms with van der Waals surface area (Å²) >= 11 is -0.514. The molecule has 19 heavy (non-hydrogen) atoms. The Morgan fingerprint density at radius 1 is 1.26 bits per heavy atom. The molecule has 0 fully saturated rings. The minimum atomic E-state index is -0.569. The van der Waals surface area contributed by atoms with Crippen molar-refractivity contribution in [3.63, 3.8) is 0 Å². The summed E-state index contributed by atoms with van der Waals surface area (Å²) in [6, 6.07) is 7.66. The molecule has 4 heteroatoms. The molecule has 0 heterocycles. The third kappa shape index (κ3) is 6.27. The molecule has 0 radical (unpaired) electrons. The zero-order valence-corrected chi connectivity index (χ0v) is 14.0. The fourth-order valence-electron chi connectivity index (χ4n) is 1.48. The summed E-state index contributed by atoms with van der Waals surface area (Å²) < 4.78 is 11.2. The number of benzene rings is 1. The first kappa shape index (κ1) is 16.3. The molecule has 3 nitrogen and oxygen atoms in total. The summed E-state index contributed by atoms with van der Waals surface area (Å²) in [5, 5.41) is 0. The van der Waals surface area contributed by atoms with Crippen LogP contribution in [0.25, 0.3) is 0 Å². The average Bonchev–Trinajstić information content (AvgIpc) is 2.43. The number of hydrogen-bond donors (Lipinski definition) is 0. The standard InChI is InChI=1S/C15H22IO3/c1-4-6-11-16-19-15(17)18-14-9-7-13(8-10-14)12(3)5-2/h7-10,12H,4-6,11H2,1-3H3/q-1. The van der Waals surface area contributed by atoms with Gasteiger partial charge >= 0.3 is 126 Å². The topological polar surface area (TPSA) is 35.5 Å². The average molecular weight is 377 g/mol. The molecule has 0 saturated carbocycles. The summed E-state index contributed by atoms with van der Waals surface area (Å²) in [7, 11) is 0. The molecule has 0 aliphatic heterocycles. The molecule has 0 saturated heterocycles. The van der Waals surface area contributed by atoms with Gasteiger partial charge in [-0.05, 0) is 0 Å². The first-order chi connectivity index (χ1) is 9.17. The first-order valence-corrected chi connectivity index (χ1v) is 9.15. The Balaban J connectivity index is 2.38. The van der Waals surface area contributed by atoms with Crippen molar-refractivity contribution in [2.24, 2.45) is 0 Å². The minimum absolute atomic E-state index is 0.514. The van der Waals surface area contributed by atoms with Crippen molar-refractivity contribution in [2.45, 2.75) is 46.0 Å². The van der Waals surface area contributed by atoms with Gasteiger partial charge in [-0.15, -0.1) is 0 Å². The van der Waals surface area contributed by atoms with Crippen molar-refractivity contribution in [3.05, 3.63) is 29.8 Å². The second kappa shape index (κ2) is 9.18. The van der Waals surface area contributed by atoms with E-state index >= 15 is 0 Å². The number of hydrogen-bond acceptors (Lipinski definition) is 3. The normalized spacial score (nSPS) is 12.2. The summed E-state index contributed by atoms with van der Waals surface area (Å²) in [6.07, 6.45) is 2.78. The van der Waals surface area contributed by atoms with Crippen molar-refractivity contribution >= 4 is 6.16 Å². The Hall–Kier alpha value is -0.780. The quantitative estimate of drug-likeness (QED) is 0.238. The van der Waals surface area contributed by atoms with E-state index in [0.29, 0.717) is 11.7 Å². The predicted molar refractivity (Wildman–Crippen MR) is 72.0 cm³/mol. The van der Waals surface area contributed by atoms with E-state index in [1.54, 1.807) is 0 Å². The van der Waals surface area contributed by atoms with E-state index in [0.717, 1.165) is 23.7 Å². The number of alkyl halides is 1. The van der Waals surface area contributed by atoms with Gasteiger partial charge in [0.15, 0.2) is 0 Å². The zero-order chi connectivity index (χ0) is 14.1. The Morgan fingerprint density at radius 3 is 2.53 bits per heavy atom. The Kier molecular flexibility index (Phi) is 7.86. The van der Waals surface area contributed by atoms with Gasteiger partial charge in [0.2, 0.25) is 0 Å². The van der Waals surface area contributed by atoms with E-state index in [1.807, 2.05) is 24.3 Å². The molecule has 0 spiro atoms. The van der Waals surface area contributed by atoms with Crippen LogP contribution in [0, 0.1) is 0 Å². The molecule has 0 N–H and O–H groups in total. The summed E-state index contributed by atoms with van der Waals surface area (Å²) in [5.74, 6) is 1.08. The van der Waals surface area contributed by atoms with E-state index < -0.39 is 27.8 Å². The van der Waals surface area contributed by atoms with Crippen molar-refractivity contribution in [3.8, 4) is 5.75 Å². The number of carbonyl (C=O) groups is 1. The van der Waals surface area contributed by atoms with E-state index in [2.05, 4.69) is 20.8 Å².